The molecule has 1 fully saturated rings. The van der Waals surface area contributed by atoms with E-state index >= 15 is 0 Å². The highest BCUT2D eigenvalue weighted by Gasteiger charge is 2.35. The molecule has 1 aromatic rings. The van der Waals surface area contributed by atoms with E-state index in [9.17, 15) is 4.79 Å². The number of amides is 1. The number of hydrogen-bond acceptors (Lipinski definition) is 5. The van der Waals surface area contributed by atoms with Crippen LogP contribution in [0.1, 0.15) is 37.0 Å². The first-order chi connectivity index (χ1) is 11.2. The third kappa shape index (κ3) is 4.68. The second-order valence-electron chi connectivity index (χ2n) is 5.10. The molecule has 0 saturated carbocycles. The summed E-state index contributed by atoms with van der Waals surface area (Å²) in [6, 6.07) is 3.58. The number of carbonyl (C=O) groups is 1. The number of carbonyl (C=O) groups excluding carboxylic acids is 1. The Labute approximate surface area is 146 Å². The lowest BCUT2D eigenvalue weighted by atomic mass is 10.2. The topological polar surface area (TPSA) is 54.8 Å². The zero-order chi connectivity index (χ0) is 16.7. The van der Waals surface area contributed by atoms with E-state index in [0.717, 1.165) is 23.8 Å². The van der Waals surface area contributed by atoms with Crippen LogP contribution in [0.25, 0.3) is 0 Å². The van der Waals surface area contributed by atoms with E-state index in [1.807, 2.05) is 6.92 Å². The van der Waals surface area contributed by atoms with E-state index < -0.39 is 0 Å². The summed E-state index contributed by atoms with van der Waals surface area (Å²) in [6.45, 7) is 6.12. The zero-order valence-electron chi connectivity index (χ0n) is 13.5. The number of ether oxygens (including phenoxy) is 1. The van der Waals surface area contributed by atoms with Crippen LogP contribution >= 0.6 is 23.4 Å². The Hall–Kier alpha value is -1.11. The summed E-state index contributed by atoms with van der Waals surface area (Å²) in [6.07, 6.45) is 3.32. The lowest BCUT2D eigenvalue weighted by Crippen LogP contribution is -2.39. The average molecular weight is 356 g/mol. The number of thioether (sulfide) groups is 1. The van der Waals surface area contributed by atoms with Crippen molar-refractivity contribution in [1.82, 2.24) is 9.88 Å². The molecule has 126 valence electrons. The lowest BCUT2D eigenvalue weighted by molar-refractivity contribution is 0.0818. The van der Waals surface area contributed by atoms with Crippen molar-refractivity contribution < 1.29 is 9.53 Å². The Kier molecular flexibility index (Phi) is 7.33. The Morgan fingerprint density at radius 3 is 3.09 bits per heavy atom. The van der Waals surface area contributed by atoms with Crippen molar-refractivity contribution in [2.24, 2.45) is 4.99 Å². The van der Waals surface area contributed by atoms with E-state index in [4.69, 9.17) is 16.3 Å². The van der Waals surface area contributed by atoms with Gasteiger partial charge in [-0.15, -0.1) is 0 Å². The van der Waals surface area contributed by atoms with Gasteiger partial charge in [-0.25, -0.2) is 4.98 Å². The molecule has 1 saturated heterocycles. The standard InChI is InChI=1S/C16H22ClN3O2S/c1-3-12-11-23-16(19-9-6-10-22-4-2)20(12)15(21)13-7-5-8-18-14(13)17/h5,7-8,12H,3-4,6,9-11H2,1-2H3. The third-order valence-corrected chi connectivity index (χ3v) is 4.99. The van der Waals surface area contributed by atoms with Gasteiger partial charge >= 0.3 is 0 Å². The van der Waals surface area contributed by atoms with E-state index in [0.29, 0.717) is 25.3 Å². The summed E-state index contributed by atoms with van der Waals surface area (Å²) in [5.74, 6) is 0.744. The normalized spacial score (nSPS) is 19.5. The van der Waals surface area contributed by atoms with Crippen molar-refractivity contribution in [3.05, 3.63) is 29.0 Å². The van der Waals surface area contributed by atoms with Crippen LogP contribution in [0.2, 0.25) is 5.15 Å². The summed E-state index contributed by atoms with van der Waals surface area (Å²) in [7, 11) is 0. The lowest BCUT2D eigenvalue weighted by Gasteiger charge is -2.23. The molecule has 0 radical (unpaired) electrons. The van der Waals surface area contributed by atoms with E-state index in [2.05, 4.69) is 16.9 Å². The molecule has 0 aliphatic carbocycles. The Balaban J connectivity index is 2.12. The monoisotopic (exact) mass is 355 g/mol. The van der Waals surface area contributed by atoms with Crippen molar-refractivity contribution in [3.63, 3.8) is 0 Å². The van der Waals surface area contributed by atoms with Crippen LogP contribution in [-0.2, 0) is 4.74 Å². The van der Waals surface area contributed by atoms with Crippen LogP contribution < -0.4 is 0 Å². The second kappa shape index (κ2) is 9.25. The molecular formula is C16H22ClN3O2S. The molecule has 23 heavy (non-hydrogen) atoms. The van der Waals surface area contributed by atoms with Crippen LogP contribution in [0.3, 0.4) is 0 Å². The summed E-state index contributed by atoms with van der Waals surface area (Å²) < 4.78 is 5.32. The Morgan fingerprint density at radius 1 is 1.57 bits per heavy atom. The number of hydrogen-bond donors (Lipinski definition) is 0. The molecular weight excluding hydrogens is 334 g/mol. The van der Waals surface area contributed by atoms with Crippen LogP contribution in [0.5, 0.6) is 0 Å². The van der Waals surface area contributed by atoms with Gasteiger partial charge in [0.05, 0.1) is 5.56 Å². The fourth-order valence-corrected chi connectivity index (χ4v) is 3.79. The minimum Gasteiger partial charge on any atom is -0.382 e. The first-order valence-electron chi connectivity index (χ1n) is 7.88. The van der Waals surface area contributed by atoms with Crippen molar-refractivity contribution in [2.45, 2.75) is 32.7 Å². The fraction of sp³-hybridized carbons (Fsp3) is 0.562. The summed E-state index contributed by atoms with van der Waals surface area (Å²) >= 11 is 7.70. The van der Waals surface area contributed by atoms with Crippen molar-refractivity contribution in [3.8, 4) is 0 Å². The van der Waals surface area contributed by atoms with Gasteiger partial charge in [-0.1, -0.05) is 30.3 Å². The molecule has 1 unspecified atom stereocenters. The molecule has 1 aliphatic heterocycles. The van der Waals surface area contributed by atoms with Gasteiger partial charge in [-0.05, 0) is 31.9 Å². The SMILES string of the molecule is CCOCCCN=C1SCC(CC)N1C(=O)c1cccnc1Cl. The first-order valence-corrected chi connectivity index (χ1v) is 9.24. The van der Waals surface area contributed by atoms with Crippen molar-refractivity contribution in [1.29, 1.82) is 0 Å². The van der Waals surface area contributed by atoms with Crippen molar-refractivity contribution >= 4 is 34.4 Å². The van der Waals surface area contributed by atoms with Gasteiger partial charge < -0.3 is 4.74 Å². The van der Waals surface area contributed by atoms with E-state index in [-0.39, 0.29) is 17.1 Å². The third-order valence-electron chi connectivity index (χ3n) is 3.55. The summed E-state index contributed by atoms with van der Waals surface area (Å²) in [4.78, 5) is 23.2. The van der Waals surface area contributed by atoms with Gasteiger partial charge in [0.1, 0.15) is 5.15 Å². The first kappa shape index (κ1) is 18.2. The molecule has 2 heterocycles. The van der Waals surface area contributed by atoms with Crippen LogP contribution in [-0.4, -0.2) is 52.5 Å². The average Bonchev–Trinajstić information content (AvgIpc) is 2.97. The van der Waals surface area contributed by atoms with Gasteiger partial charge in [-0.3, -0.25) is 14.7 Å². The van der Waals surface area contributed by atoms with Gasteiger partial charge in [0.15, 0.2) is 5.17 Å². The Morgan fingerprint density at radius 2 is 2.39 bits per heavy atom. The van der Waals surface area contributed by atoms with Crippen LogP contribution in [0, 0.1) is 0 Å². The highest BCUT2D eigenvalue weighted by molar-refractivity contribution is 8.14. The largest absolute Gasteiger partial charge is 0.382 e. The maximum atomic E-state index is 12.9. The fourth-order valence-electron chi connectivity index (χ4n) is 2.31. The minimum atomic E-state index is -0.122. The quantitative estimate of drug-likeness (QED) is 0.555. The van der Waals surface area contributed by atoms with Gasteiger partial charge in [0.25, 0.3) is 5.91 Å². The van der Waals surface area contributed by atoms with Crippen LogP contribution in [0.4, 0.5) is 0 Å². The number of aliphatic imine (C=N–C) groups is 1. The maximum absolute atomic E-state index is 12.9. The molecule has 1 aliphatic rings. The zero-order valence-corrected chi connectivity index (χ0v) is 15.1. The van der Waals surface area contributed by atoms with E-state index in [1.165, 1.54) is 0 Å². The molecule has 1 amide bonds. The Bertz CT molecular complexity index is 568. The highest BCUT2D eigenvalue weighted by Crippen LogP contribution is 2.29. The van der Waals surface area contributed by atoms with Gasteiger partial charge in [0, 0.05) is 37.8 Å². The molecule has 7 heteroatoms. The van der Waals surface area contributed by atoms with Gasteiger partial charge in [0.2, 0.25) is 0 Å². The number of nitrogens with zero attached hydrogens (tertiary/aromatic N) is 3. The smallest absolute Gasteiger partial charge is 0.263 e. The molecule has 0 bridgehead atoms. The van der Waals surface area contributed by atoms with Crippen molar-refractivity contribution in [2.75, 3.05) is 25.5 Å². The number of aromatic nitrogens is 1. The van der Waals surface area contributed by atoms with Gasteiger partial charge in [-0.2, -0.15) is 0 Å². The summed E-state index contributed by atoms with van der Waals surface area (Å²) in [5, 5.41) is 1.01. The highest BCUT2D eigenvalue weighted by atomic mass is 35.5. The molecule has 5 nitrogen and oxygen atoms in total. The molecule has 0 aromatic carbocycles. The maximum Gasteiger partial charge on any atom is 0.263 e. The molecule has 1 aromatic heterocycles. The number of halogens is 1. The number of rotatable bonds is 7. The predicted octanol–water partition coefficient (Wildman–Crippen LogP) is 3.49. The van der Waals surface area contributed by atoms with Crippen LogP contribution in [0.15, 0.2) is 23.3 Å². The summed E-state index contributed by atoms with van der Waals surface area (Å²) in [5.41, 5.74) is 0.428. The van der Waals surface area contributed by atoms with E-state index in [1.54, 1.807) is 35.0 Å². The molecule has 2 rings (SSSR count). The number of amidine groups is 1. The molecule has 0 N–H and O–H groups in total. The predicted molar refractivity (Wildman–Crippen MR) is 95.4 cm³/mol. The minimum absolute atomic E-state index is 0.122. The number of pyridine rings is 1. The molecule has 0 spiro atoms. The second-order valence-corrected chi connectivity index (χ2v) is 6.45. The molecule has 1 atom stereocenters.